The molecule has 0 N–H and O–H groups in total. The Balaban J connectivity index is 1.42. The van der Waals surface area contributed by atoms with Crippen LogP contribution in [0.2, 0.25) is 0 Å². The highest BCUT2D eigenvalue weighted by atomic mass is 16.5. The first-order chi connectivity index (χ1) is 12.7. The quantitative estimate of drug-likeness (QED) is 0.724. The number of rotatable bonds is 4. The van der Waals surface area contributed by atoms with Crippen molar-refractivity contribution in [3.63, 3.8) is 0 Å². The van der Waals surface area contributed by atoms with Gasteiger partial charge in [-0.15, -0.1) is 10.2 Å². The van der Waals surface area contributed by atoms with Crippen LogP contribution in [0.3, 0.4) is 0 Å². The maximum atomic E-state index is 12.7. The molecule has 0 spiro atoms. The van der Waals surface area contributed by atoms with Crippen LogP contribution in [0.25, 0.3) is 11.5 Å². The highest BCUT2D eigenvalue weighted by Crippen LogP contribution is 2.28. The minimum absolute atomic E-state index is 0.0843. The number of ether oxygens (including phenoxy) is 1. The third-order valence-corrected chi connectivity index (χ3v) is 4.43. The molecule has 1 amide bonds. The molecule has 3 aromatic rings. The molecule has 0 bridgehead atoms. The van der Waals surface area contributed by atoms with E-state index in [9.17, 15) is 4.79 Å². The molecule has 26 heavy (non-hydrogen) atoms. The van der Waals surface area contributed by atoms with Gasteiger partial charge in [-0.2, -0.15) is 0 Å². The molecule has 0 fully saturated rings. The minimum Gasteiger partial charge on any atom is -0.480 e. The van der Waals surface area contributed by atoms with E-state index in [1.807, 2.05) is 54.6 Å². The van der Waals surface area contributed by atoms with Crippen LogP contribution in [0.4, 0.5) is 0 Å². The van der Waals surface area contributed by atoms with Gasteiger partial charge in [-0.1, -0.05) is 36.4 Å². The maximum Gasteiger partial charge on any atom is 0.263 e. The van der Waals surface area contributed by atoms with E-state index >= 15 is 0 Å². The molecule has 1 atom stereocenters. The molecule has 0 radical (unpaired) electrons. The zero-order chi connectivity index (χ0) is 17.9. The smallest absolute Gasteiger partial charge is 0.263 e. The van der Waals surface area contributed by atoms with Crippen molar-refractivity contribution in [2.45, 2.75) is 25.5 Å². The van der Waals surface area contributed by atoms with Crippen LogP contribution in [0.1, 0.15) is 17.9 Å². The number of para-hydroxylation sites is 1. The predicted octanol–water partition coefficient (Wildman–Crippen LogP) is 3.09. The van der Waals surface area contributed by atoms with Crippen molar-refractivity contribution < 1.29 is 13.9 Å². The van der Waals surface area contributed by atoms with E-state index in [-0.39, 0.29) is 12.5 Å². The Morgan fingerprint density at radius 1 is 1.12 bits per heavy atom. The van der Waals surface area contributed by atoms with Crippen molar-refractivity contribution in [3.05, 3.63) is 66.1 Å². The summed E-state index contributed by atoms with van der Waals surface area (Å²) in [6.45, 7) is 0.250. The van der Waals surface area contributed by atoms with Crippen LogP contribution in [0.5, 0.6) is 5.75 Å². The van der Waals surface area contributed by atoms with Gasteiger partial charge in [0.1, 0.15) is 5.75 Å². The van der Waals surface area contributed by atoms with Gasteiger partial charge in [0.15, 0.2) is 6.10 Å². The molecule has 0 aliphatic carbocycles. The lowest BCUT2D eigenvalue weighted by Gasteiger charge is -2.28. The molecule has 1 aromatic heterocycles. The van der Waals surface area contributed by atoms with Gasteiger partial charge in [0, 0.05) is 12.6 Å². The van der Waals surface area contributed by atoms with E-state index in [4.69, 9.17) is 9.15 Å². The fourth-order valence-electron chi connectivity index (χ4n) is 3.04. The van der Waals surface area contributed by atoms with Crippen LogP contribution in [0.15, 0.2) is 59.0 Å². The van der Waals surface area contributed by atoms with Gasteiger partial charge in [0.25, 0.3) is 5.91 Å². The lowest BCUT2D eigenvalue weighted by atomic mass is 10.0. The minimum atomic E-state index is -0.480. The number of fused-ring (bicyclic) bond motifs is 1. The average Bonchev–Trinajstić information content (AvgIpc) is 3.16. The molecule has 4 rings (SSSR count). The Morgan fingerprint density at radius 3 is 2.73 bits per heavy atom. The Morgan fingerprint density at radius 2 is 1.88 bits per heavy atom. The number of hydrogen-bond acceptors (Lipinski definition) is 5. The zero-order valence-corrected chi connectivity index (χ0v) is 14.5. The summed E-state index contributed by atoms with van der Waals surface area (Å²) in [5.74, 6) is 1.55. The van der Waals surface area contributed by atoms with Crippen molar-refractivity contribution in [3.8, 4) is 17.2 Å². The number of aromatic nitrogens is 2. The first-order valence-electron chi connectivity index (χ1n) is 8.58. The summed E-state index contributed by atoms with van der Waals surface area (Å²) in [5, 5.41) is 8.10. The summed E-state index contributed by atoms with van der Waals surface area (Å²) < 4.78 is 11.5. The molecule has 132 valence electrons. The van der Waals surface area contributed by atoms with E-state index in [0.29, 0.717) is 18.2 Å². The fraction of sp³-hybridized carbons (Fsp3) is 0.250. The molecule has 1 aliphatic rings. The normalized spacial score (nSPS) is 15.8. The summed E-state index contributed by atoms with van der Waals surface area (Å²) in [4.78, 5) is 14.3. The number of carbonyl (C=O) groups excluding carboxylic acids is 1. The first kappa shape index (κ1) is 16.3. The molecule has 2 heterocycles. The molecule has 6 heteroatoms. The molecule has 1 aliphatic heterocycles. The third-order valence-electron chi connectivity index (χ3n) is 4.43. The SMILES string of the molecule is CN(Cc1nnc(-c2ccccc2)o1)C(=O)C1CCc2ccccc2O1. The van der Waals surface area contributed by atoms with Gasteiger partial charge in [-0.05, 0) is 36.6 Å². The van der Waals surface area contributed by atoms with Crippen LogP contribution >= 0.6 is 0 Å². The van der Waals surface area contributed by atoms with Gasteiger partial charge < -0.3 is 14.1 Å². The molecule has 6 nitrogen and oxygen atoms in total. The number of amides is 1. The van der Waals surface area contributed by atoms with E-state index in [0.717, 1.165) is 23.3 Å². The number of aryl methyl sites for hydroxylation is 1. The van der Waals surface area contributed by atoms with Gasteiger partial charge in [0.05, 0.1) is 6.54 Å². The number of nitrogens with zero attached hydrogens (tertiary/aromatic N) is 3. The Hall–Kier alpha value is -3.15. The summed E-state index contributed by atoms with van der Waals surface area (Å²) in [5.41, 5.74) is 2.00. The zero-order valence-electron chi connectivity index (χ0n) is 14.5. The predicted molar refractivity (Wildman–Crippen MR) is 95.4 cm³/mol. The monoisotopic (exact) mass is 349 g/mol. The Labute approximate surface area is 151 Å². The number of carbonyl (C=O) groups is 1. The summed E-state index contributed by atoms with van der Waals surface area (Å²) in [6.07, 6.45) is 1.02. The van der Waals surface area contributed by atoms with Crippen molar-refractivity contribution in [1.29, 1.82) is 0 Å². The lowest BCUT2D eigenvalue weighted by molar-refractivity contribution is -0.138. The summed E-state index contributed by atoms with van der Waals surface area (Å²) in [6, 6.07) is 17.4. The Kier molecular flexibility index (Phi) is 4.39. The average molecular weight is 349 g/mol. The van der Waals surface area contributed by atoms with Crippen LogP contribution in [0, 0.1) is 0 Å². The molecular formula is C20H19N3O3. The second-order valence-corrected chi connectivity index (χ2v) is 6.31. The topological polar surface area (TPSA) is 68.5 Å². The molecule has 0 saturated carbocycles. The summed E-state index contributed by atoms with van der Waals surface area (Å²) >= 11 is 0. The van der Waals surface area contributed by atoms with Crippen LogP contribution in [-0.4, -0.2) is 34.2 Å². The molecular weight excluding hydrogens is 330 g/mol. The number of benzene rings is 2. The van der Waals surface area contributed by atoms with Crippen molar-refractivity contribution in [2.75, 3.05) is 7.05 Å². The molecule has 0 saturated heterocycles. The lowest BCUT2D eigenvalue weighted by Crippen LogP contribution is -2.41. The number of hydrogen-bond donors (Lipinski definition) is 0. The number of likely N-dealkylation sites (N-methyl/N-ethyl adjacent to an activating group) is 1. The van der Waals surface area contributed by atoms with Gasteiger partial charge in [-0.25, -0.2) is 0 Å². The molecule has 1 unspecified atom stereocenters. The van der Waals surface area contributed by atoms with E-state index < -0.39 is 6.10 Å². The highest BCUT2D eigenvalue weighted by molar-refractivity contribution is 5.81. The van der Waals surface area contributed by atoms with Gasteiger partial charge in [-0.3, -0.25) is 4.79 Å². The molecule has 2 aromatic carbocycles. The van der Waals surface area contributed by atoms with Crippen LogP contribution in [-0.2, 0) is 17.8 Å². The van der Waals surface area contributed by atoms with Crippen molar-refractivity contribution in [1.82, 2.24) is 15.1 Å². The van der Waals surface area contributed by atoms with E-state index in [1.165, 1.54) is 0 Å². The first-order valence-corrected chi connectivity index (χ1v) is 8.58. The third kappa shape index (κ3) is 3.31. The fourth-order valence-corrected chi connectivity index (χ4v) is 3.04. The van der Waals surface area contributed by atoms with Gasteiger partial charge >= 0.3 is 0 Å². The largest absolute Gasteiger partial charge is 0.480 e. The second-order valence-electron chi connectivity index (χ2n) is 6.31. The van der Waals surface area contributed by atoms with E-state index in [2.05, 4.69) is 10.2 Å². The standard InChI is InChI=1S/C20H19N3O3/c1-23(13-18-21-22-19(26-18)15-8-3-2-4-9-15)20(24)17-12-11-14-7-5-6-10-16(14)25-17/h2-10,17H,11-13H2,1H3. The van der Waals surface area contributed by atoms with Crippen molar-refractivity contribution >= 4 is 5.91 Å². The second kappa shape index (κ2) is 7.00. The van der Waals surface area contributed by atoms with E-state index in [1.54, 1.807) is 11.9 Å². The highest BCUT2D eigenvalue weighted by Gasteiger charge is 2.29. The summed E-state index contributed by atoms with van der Waals surface area (Å²) in [7, 11) is 1.72. The van der Waals surface area contributed by atoms with Gasteiger partial charge in [0.2, 0.25) is 11.8 Å². The maximum absolute atomic E-state index is 12.7. The van der Waals surface area contributed by atoms with Crippen LogP contribution < -0.4 is 4.74 Å². The Bertz CT molecular complexity index is 907. The van der Waals surface area contributed by atoms with Crippen molar-refractivity contribution in [2.24, 2.45) is 0 Å².